The summed E-state index contributed by atoms with van der Waals surface area (Å²) in [6, 6.07) is 4.56. The fourth-order valence-corrected chi connectivity index (χ4v) is 1.35. The van der Waals surface area contributed by atoms with Crippen molar-refractivity contribution >= 4 is 23.7 Å². The molecule has 0 amide bonds. The monoisotopic (exact) mass is 207 g/mol. The van der Waals surface area contributed by atoms with Crippen molar-refractivity contribution in [3.05, 3.63) is 33.8 Å². The van der Waals surface area contributed by atoms with Gasteiger partial charge in [-0.1, -0.05) is 11.6 Å². The Kier molecular flexibility index (Phi) is 3.00. The molecule has 0 saturated carbocycles. The molecule has 70 valence electrons. The second kappa shape index (κ2) is 4.03. The first kappa shape index (κ1) is 10.4. The second-order valence-electron chi connectivity index (χ2n) is 2.70. The lowest BCUT2D eigenvalue weighted by Crippen LogP contribution is -2.00. The van der Waals surface area contributed by atoms with Crippen LogP contribution in [0.25, 0.3) is 0 Å². The molecule has 0 bridgehead atoms. The molecule has 0 fully saturated rings. The van der Waals surface area contributed by atoms with E-state index >= 15 is 0 Å². The Hall–Kier alpha value is -1.66. The Bertz CT molecular complexity index is 446. The molecule has 4 heteroatoms. The zero-order valence-corrected chi connectivity index (χ0v) is 8.13. The molecule has 0 saturated heterocycles. The molecule has 0 unspecified atom stereocenters. The lowest BCUT2D eigenvalue weighted by molar-refractivity contribution is 0.101. The summed E-state index contributed by atoms with van der Waals surface area (Å²) in [4.78, 5) is 21.7. The maximum absolute atomic E-state index is 11.1. The van der Waals surface area contributed by atoms with Crippen LogP contribution in [0, 0.1) is 11.3 Å². The molecular weight excluding hydrogens is 202 g/mol. The Morgan fingerprint density at radius 1 is 1.57 bits per heavy atom. The van der Waals surface area contributed by atoms with Crippen LogP contribution in [0.5, 0.6) is 0 Å². The molecule has 0 atom stereocenters. The summed E-state index contributed by atoms with van der Waals surface area (Å²) in [5.41, 5.74) is 0.407. The zero-order valence-electron chi connectivity index (χ0n) is 7.37. The maximum atomic E-state index is 11.1. The summed E-state index contributed by atoms with van der Waals surface area (Å²) in [6.45, 7) is 1.32. The van der Waals surface area contributed by atoms with Crippen LogP contribution in [0.4, 0.5) is 0 Å². The van der Waals surface area contributed by atoms with Crippen molar-refractivity contribution in [3.63, 3.8) is 0 Å². The largest absolute Gasteiger partial charge is 0.298 e. The molecule has 14 heavy (non-hydrogen) atoms. The van der Waals surface area contributed by atoms with E-state index in [-0.39, 0.29) is 27.5 Å². The van der Waals surface area contributed by atoms with Gasteiger partial charge in [0.25, 0.3) is 0 Å². The number of hydrogen-bond donors (Lipinski definition) is 0. The molecule has 0 aliphatic heterocycles. The van der Waals surface area contributed by atoms with Crippen molar-refractivity contribution in [2.75, 3.05) is 0 Å². The molecule has 3 nitrogen and oxygen atoms in total. The third-order valence-corrected chi connectivity index (χ3v) is 1.97. The van der Waals surface area contributed by atoms with Crippen molar-refractivity contribution in [2.24, 2.45) is 0 Å². The van der Waals surface area contributed by atoms with E-state index in [9.17, 15) is 9.59 Å². The lowest BCUT2D eigenvalue weighted by atomic mass is 10.0. The predicted octanol–water partition coefficient (Wildman–Crippen LogP) is 2.23. The fraction of sp³-hybridized carbons (Fsp3) is 0.100. The number of aldehydes is 1. The van der Waals surface area contributed by atoms with Gasteiger partial charge in [0.1, 0.15) is 6.07 Å². The summed E-state index contributed by atoms with van der Waals surface area (Å²) in [7, 11) is 0. The third kappa shape index (κ3) is 1.81. The van der Waals surface area contributed by atoms with E-state index in [1.807, 2.05) is 6.07 Å². The van der Waals surface area contributed by atoms with E-state index in [4.69, 9.17) is 16.9 Å². The van der Waals surface area contributed by atoms with Gasteiger partial charge in [0.15, 0.2) is 12.1 Å². The van der Waals surface area contributed by atoms with Gasteiger partial charge < -0.3 is 0 Å². The molecule has 1 aromatic rings. The van der Waals surface area contributed by atoms with Crippen LogP contribution in [0.2, 0.25) is 5.02 Å². The normalized spacial score (nSPS) is 9.21. The first-order valence-electron chi connectivity index (χ1n) is 3.80. The van der Waals surface area contributed by atoms with Crippen molar-refractivity contribution < 1.29 is 9.59 Å². The van der Waals surface area contributed by atoms with E-state index < -0.39 is 0 Å². The molecule has 1 rings (SSSR count). The van der Waals surface area contributed by atoms with Gasteiger partial charge in [0.2, 0.25) is 0 Å². The number of carbonyl (C=O) groups excluding carboxylic acids is 2. The van der Waals surface area contributed by atoms with Gasteiger partial charge in [-0.2, -0.15) is 5.26 Å². The van der Waals surface area contributed by atoms with Crippen LogP contribution in [0.3, 0.4) is 0 Å². The van der Waals surface area contributed by atoms with Crippen LogP contribution < -0.4 is 0 Å². The van der Waals surface area contributed by atoms with Gasteiger partial charge in [0.05, 0.1) is 5.56 Å². The molecule has 0 heterocycles. The van der Waals surface area contributed by atoms with Gasteiger partial charge in [-0.25, -0.2) is 0 Å². The SMILES string of the molecule is CC(=O)c1cc(Cl)cc(C=O)c1C#N. The number of carbonyl (C=O) groups is 2. The minimum Gasteiger partial charge on any atom is -0.298 e. The molecule has 0 spiro atoms. The predicted molar refractivity (Wildman–Crippen MR) is 51.6 cm³/mol. The molecule has 1 aromatic carbocycles. The number of nitrogens with zero attached hydrogens (tertiary/aromatic N) is 1. The highest BCUT2D eigenvalue weighted by Gasteiger charge is 2.12. The van der Waals surface area contributed by atoms with E-state index in [1.54, 1.807) is 0 Å². The summed E-state index contributed by atoms with van der Waals surface area (Å²) >= 11 is 5.68. The Balaban J connectivity index is 3.57. The van der Waals surface area contributed by atoms with Crippen molar-refractivity contribution in [1.82, 2.24) is 0 Å². The number of halogens is 1. The van der Waals surface area contributed by atoms with Gasteiger partial charge in [-0.15, -0.1) is 0 Å². The lowest BCUT2D eigenvalue weighted by Gasteiger charge is -2.02. The van der Waals surface area contributed by atoms with E-state index in [0.29, 0.717) is 6.29 Å². The van der Waals surface area contributed by atoms with Gasteiger partial charge >= 0.3 is 0 Å². The molecule has 0 aliphatic rings. The van der Waals surface area contributed by atoms with E-state index in [2.05, 4.69) is 0 Å². The van der Waals surface area contributed by atoms with Crippen molar-refractivity contribution in [2.45, 2.75) is 6.92 Å². The highest BCUT2D eigenvalue weighted by molar-refractivity contribution is 6.31. The van der Waals surface area contributed by atoms with Crippen molar-refractivity contribution in [3.8, 4) is 6.07 Å². The summed E-state index contributed by atoms with van der Waals surface area (Å²) < 4.78 is 0. The Morgan fingerprint density at radius 2 is 2.21 bits per heavy atom. The summed E-state index contributed by atoms with van der Waals surface area (Å²) in [6.07, 6.45) is 0.511. The van der Waals surface area contributed by atoms with Gasteiger partial charge in [0, 0.05) is 16.1 Å². The average Bonchev–Trinajstić information content (AvgIpc) is 2.16. The van der Waals surface area contributed by atoms with E-state index in [1.165, 1.54) is 19.1 Å². The number of ketones is 1. The van der Waals surface area contributed by atoms with Gasteiger partial charge in [-0.3, -0.25) is 9.59 Å². The number of benzene rings is 1. The van der Waals surface area contributed by atoms with Crippen molar-refractivity contribution in [1.29, 1.82) is 5.26 Å². The number of nitriles is 1. The van der Waals surface area contributed by atoms with Gasteiger partial charge in [-0.05, 0) is 19.1 Å². The molecule has 0 radical (unpaired) electrons. The van der Waals surface area contributed by atoms with Crippen LogP contribution in [-0.2, 0) is 0 Å². The average molecular weight is 208 g/mol. The summed E-state index contributed by atoms with van der Waals surface area (Å²) in [5, 5.41) is 9.04. The highest BCUT2D eigenvalue weighted by Crippen LogP contribution is 2.19. The zero-order chi connectivity index (χ0) is 10.7. The topological polar surface area (TPSA) is 57.9 Å². The molecule has 0 aromatic heterocycles. The third-order valence-electron chi connectivity index (χ3n) is 1.75. The first-order valence-corrected chi connectivity index (χ1v) is 4.17. The van der Waals surface area contributed by atoms with Crippen LogP contribution >= 0.6 is 11.6 Å². The van der Waals surface area contributed by atoms with Crippen LogP contribution in [0.1, 0.15) is 33.2 Å². The molecule has 0 aliphatic carbocycles. The first-order chi connectivity index (χ1) is 6.60. The van der Waals surface area contributed by atoms with Crippen LogP contribution in [-0.4, -0.2) is 12.1 Å². The number of hydrogen-bond acceptors (Lipinski definition) is 3. The Morgan fingerprint density at radius 3 is 2.64 bits per heavy atom. The quantitative estimate of drug-likeness (QED) is 0.552. The van der Waals surface area contributed by atoms with Crippen LogP contribution in [0.15, 0.2) is 12.1 Å². The Labute approximate surface area is 85.9 Å². The molecular formula is C10H6ClNO2. The highest BCUT2D eigenvalue weighted by atomic mass is 35.5. The smallest absolute Gasteiger partial charge is 0.161 e. The second-order valence-corrected chi connectivity index (χ2v) is 3.14. The molecule has 0 N–H and O–H groups in total. The fourth-order valence-electron chi connectivity index (χ4n) is 1.12. The number of rotatable bonds is 2. The maximum Gasteiger partial charge on any atom is 0.161 e. The minimum atomic E-state index is -0.285. The van der Waals surface area contributed by atoms with E-state index in [0.717, 1.165) is 0 Å². The summed E-state index contributed by atoms with van der Waals surface area (Å²) in [5.74, 6) is -0.285. The number of Topliss-reactive ketones (excluding diaryl/α,β-unsaturated/α-hetero) is 1. The minimum absolute atomic E-state index is 0.0805. The standard InChI is InChI=1S/C10H6ClNO2/c1-6(14)9-3-8(11)2-7(5-13)10(9)4-12/h2-3,5H,1H3.